The standard InChI is InChI=1S/C7H8OS/c1-9-7-5-3-2-4-6(7)8/h2-5,8H,1H3/p+1. The summed E-state index contributed by atoms with van der Waals surface area (Å²) < 4.78 is 0. The van der Waals surface area contributed by atoms with Crippen molar-refractivity contribution in [2.45, 2.75) is 4.90 Å². The van der Waals surface area contributed by atoms with Crippen LogP contribution < -0.4 is 0 Å². The summed E-state index contributed by atoms with van der Waals surface area (Å²) in [6, 6.07) is 7.57. The third-order valence-electron chi connectivity index (χ3n) is 1.11. The number of para-hydroxylation sites is 1. The average molecular weight is 141 g/mol. The van der Waals surface area contributed by atoms with Gasteiger partial charge in [-0.1, -0.05) is 12.1 Å². The van der Waals surface area contributed by atoms with E-state index in [-0.39, 0.29) is 0 Å². The predicted octanol–water partition coefficient (Wildman–Crippen LogP) is 1.85. The second-order valence-electron chi connectivity index (χ2n) is 1.70. The highest BCUT2D eigenvalue weighted by molar-refractivity contribution is 7.98. The van der Waals surface area contributed by atoms with Gasteiger partial charge in [-0.05, 0) is 12.3 Å². The zero-order valence-corrected chi connectivity index (χ0v) is 6.03. The molecular formula is C7H9OS+. The van der Waals surface area contributed by atoms with Crippen LogP contribution in [0, 0.1) is 0 Å². The molecule has 0 amide bonds. The zero-order valence-electron chi connectivity index (χ0n) is 5.22. The molecule has 1 aromatic carbocycles. The van der Waals surface area contributed by atoms with Crippen LogP contribution in [0.15, 0.2) is 29.2 Å². The molecule has 1 rings (SSSR count). The second kappa shape index (κ2) is 2.78. The van der Waals surface area contributed by atoms with E-state index in [0.29, 0.717) is 5.75 Å². The van der Waals surface area contributed by atoms with E-state index < -0.39 is 0 Å². The Bertz CT molecular complexity index is 198. The topological polar surface area (TPSA) is 22.9 Å². The van der Waals surface area contributed by atoms with Crippen molar-refractivity contribution in [2.75, 3.05) is 6.26 Å². The van der Waals surface area contributed by atoms with Gasteiger partial charge in [0.1, 0.15) is 4.90 Å². The first-order valence-electron chi connectivity index (χ1n) is 2.69. The van der Waals surface area contributed by atoms with Crippen molar-refractivity contribution < 1.29 is 5.11 Å². The quantitative estimate of drug-likeness (QED) is 0.432. The monoisotopic (exact) mass is 141 g/mol. The highest BCUT2D eigenvalue weighted by atomic mass is 32.2. The van der Waals surface area contributed by atoms with Gasteiger partial charge in [0, 0.05) is 6.07 Å². The molecule has 0 saturated heterocycles. The van der Waals surface area contributed by atoms with E-state index in [1.807, 2.05) is 24.5 Å². The highest BCUT2D eigenvalue weighted by Crippen LogP contribution is 2.24. The van der Waals surface area contributed by atoms with E-state index in [1.165, 1.54) is 0 Å². The van der Waals surface area contributed by atoms with Crippen LogP contribution in [0.25, 0.3) is 0 Å². The molecule has 48 valence electrons. The lowest BCUT2D eigenvalue weighted by molar-refractivity contribution is 0.462. The first-order chi connectivity index (χ1) is 4.34. The van der Waals surface area contributed by atoms with E-state index in [9.17, 15) is 0 Å². The maximum Gasteiger partial charge on any atom is 0.267 e. The normalized spacial score (nSPS) is 9.44. The zero-order chi connectivity index (χ0) is 6.69. The maximum atomic E-state index is 7.35. The van der Waals surface area contributed by atoms with Crippen LogP contribution in [-0.4, -0.2) is 11.4 Å². The van der Waals surface area contributed by atoms with Crippen molar-refractivity contribution in [3.63, 3.8) is 0 Å². The Balaban J connectivity index is 3.01. The van der Waals surface area contributed by atoms with Crippen molar-refractivity contribution in [3.8, 4) is 5.75 Å². The molecule has 2 N–H and O–H groups in total. The van der Waals surface area contributed by atoms with Crippen molar-refractivity contribution >= 4 is 11.8 Å². The van der Waals surface area contributed by atoms with Gasteiger partial charge in [0.2, 0.25) is 0 Å². The molecule has 0 atom stereocenters. The minimum Gasteiger partial charge on any atom is -0.593 e. The number of rotatable bonds is 1. The SMILES string of the molecule is CSc1ccccc1[OH2+]. The van der Waals surface area contributed by atoms with Crippen LogP contribution >= 0.6 is 11.8 Å². The molecule has 0 unspecified atom stereocenters. The van der Waals surface area contributed by atoms with Crippen LogP contribution in [-0.2, 0) is 0 Å². The van der Waals surface area contributed by atoms with Gasteiger partial charge in [0.05, 0.1) is 0 Å². The first kappa shape index (κ1) is 6.49. The van der Waals surface area contributed by atoms with Crippen LogP contribution in [0.5, 0.6) is 5.75 Å². The minimum absolute atomic E-state index is 0.616. The smallest absolute Gasteiger partial charge is 0.267 e. The Morgan fingerprint density at radius 1 is 1.33 bits per heavy atom. The number of thioether (sulfide) groups is 1. The molecule has 0 saturated carbocycles. The van der Waals surface area contributed by atoms with Crippen LogP contribution in [0.1, 0.15) is 0 Å². The van der Waals surface area contributed by atoms with Gasteiger partial charge in [-0.2, -0.15) is 0 Å². The maximum absolute atomic E-state index is 7.35. The highest BCUT2D eigenvalue weighted by Gasteiger charge is 1.98. The molecule has 9 heavy (non-hydrogen) atoms. The van der Waals surface area contributed by atoms with E-state index in [4.69, 9.17) is 5.11 Å². The summed E-state index contributed by atoms with van der Waals surface area (Å²) in [5.74, 6) is 0.616. The molecule has 0 aliphatic heterocycles. The van der Waals surface area contributed by atoms with E-state index in [2.05, 4.69) is 0 Å². The van der Waals surface area contributed by atoms with Gasteiger partial charge < -0.3 is 5.11 Å². The third kappa shape index (κ3) is 1.39. The second-order valence-corrected chi connectivity index (χ2v) is 2.55. The molecular weight excluding hydrogens is 132 g/mol. The van der Waals surface area contributed by atoms with Gasteiger partial charge in [0.15, 0.2) is 0 Å². The Kier molecular flexibility index (Phi) is 2.01. The van der Waals surface area contributed by atoms with E-state index >= 15 is 0 Å². The molecule has 0 bridgehead atoms. The summed E-state index contributed by atoms with van der Waals surface area (Å²) >= 11 is 1.61. The van der Waals surface area contributed by atoms with E-state index in [0.717, 1.165) is 4.90 Å². The lowest BCUT2D eigenvalue weighted by Gasteiger charge is -1.92. The molecule has 0 aromatic heterocycles. The minimum atomic E-state index is 0.616. The third-order valence-corrected chi connectivity index (χ3v) is 1.90. The van der Waals surface area contributed by atoms with Gasteiger partial charge in [-0.25, -0.2) is 0 Å². The predicted molar refractivity (Wildman–Crippen MR) is 41.3 cm³/mol. The van der Waals surface area contributed by atoms with Gasteiger partial charge >= 0.3 is 0 Å². The Morgan fingerprint density at radius 2 is 2.00 bits per heavy atom. The lowest BCUT2D eigenvalue weighted by Crippen LogP contribution is -1.68. The first-order valence-corrected chi connectivity index (χ1v) is 3.91. The fourth-order valence-electron chi connectivity index (χ4n) is 0.645. The molecule has 0 heterocycles. The lowest BCUT2D eigenvalue weighted by atomic mass is 10.3. The van der Waals surface area contributed by atoms with Gasteiger partial charge in [-0.3, -0.25) is 0 Å². The molecule has 1 nitrogen and oxygen atoms in total. The molecule has 0 aliphatic carbocycles. The summed E-state index contributed by atoms with van der Waals surface area (Å²) in [5, 5.41) is 7.35. The van der Waals surface area contributed by atoms with Gasteiger partial charge in [0.25, 0.3) is 5.75 Å². The fourth-order valence-corrected chi connectivity index (χ4v) is 1.15. The summed E-state index contributed by atoms with van der Waals surface area (Å²) in [5.41, 5.74) is 0. The summed E-state index contributed by atoms with van der Waals surface area (Å²) in [6.07, 6.45) is 1.98. The molecule has 0 radical (unpaired) electrons. The molecule has 0 fully saturated rings. The number of hydrogen-bond donors (Lipinski definition) is 0. The molecule has 1 aromatic rings. The van der Waals surface area contributed by atoms with Crippen molar-refractivity contribution in [2.24, 2.45) is 0 Å². The van der Waals surface area contributed by atoms with Crippen molar-refractivity contribution in [1.82, 2.24) is 0 Å². The largest absolute Gasteiger partial charge is 0.593 e. The van der Waals surface area contributed by atoms with Crippen LogP contribution in [0.3, 0.4) is 0 Å². The van der Waals surface area contributed by atoms with Crippen molar-refractivity contribution in [1.29, 1.82) is 0 Å². The molecule has 0 aliphatic rings. The Hall–Kier alpha value is -0.630. The Labute approximate surface area is 58.7 Å². The Morgan fingerprint density at radius 3 is 2.44 bits per heavy atom. The van der Waals surface area contributed by atoms with Crippen molar-refractivity contribution in [3.05, 3.63) is 24.3 Å². The summed E-state index contributed by atoms with van der Waals surface area (Å²) in [4.78, 5) is 1.04. The summed E-state index contributed by atoms with van der Waals surface area (Å²) in [7, 11) is 0. The average Bonchev–Trinajstić information content (AvgIpc) is 1.89. The molecule has 2 heteroatoms. The van der Waals surface area contributed by atoms with Gasteiger partial charge in [-0.15, -0.1) is 11.8 Å². The number of benzene rings is 1. The fraction of sp³-hybridized carbons (Fsp3) is 0.143. The van der Waals surface area contributed by atoms with E-state index in [1.54, 1.807) is 17.8 Å². The van der Waals surface area contributed by atoms with Crippen LogP contribution in [0.4, 0.5) is 0 Å². The summed E-state index contributed by atoms with van der Waals surface area (Å²) in [6.45, 7) is 0. The number of hydrogen-bond acceptors (Lipinski definition) is 1. The molecule has 0 spiro atoms. The van der Waals surface area contributed by atoms with Crippen LogP contribution in [0.2, 0.25) is 0 Å².